The van der Waals surface area contributed by atoms with E-state index in [1.54, 1.807) is 0 Å². The van der Waals surface area contributed by atoms with Crippen LogP contribution in [-0.4, -0.2) is 14.7 Å². The summed E-state index contributed by atoms with van der Waals surface area (Å²) in [7, 11) is 0. The highest BCUT2D eigenvalue weighted by Gasteiger charge is 2.42. The zero-order chi connectivity index (χ0) is 24.0. The molecule has 0 amide bonds. The molecule has 5 rings (SSSR count). The number of thiocarbonyl (C=S) groups is 1. The first-order chi connectivity index (χ1) is 16.4. The Labute approximate surface area is 207 Å². The molecule has 0 bridgehead atoms. The number of benzene rings is 2. The summed E-state index contributed by atoms with van der Waals surface area (Å²) in [5, 5.41) is 4.30. The van der Waals surface area contributed by atoms with Gasteiger partial charge in [0.2, 0.25) is 0 Å². The Balaban J connectivity index is 1.71. The summed E-state index contributed by atoms with van der Waals surface area (Å²) in [6.07, 6.45) is 1.85. The number of anilines is 1. The molecular formula is C29H30N4S. The number of nitrogens with zero attached hydrogens (tertiary/aromatic N) is 3. The third kappa shape index (κ3) is 3.70. The smallest absolute Gasteiger partial charge is 0.174 e. The lowest BCUT2D eigenvalue weighted by atomic mass is 9.96. The fourth-order valence-electron chi connectivity index (χ4n) is 5.49. The van der Waals surface area contributed by atoms with Crippen LogP contribution in [0, 0.1) is 34.6 Å². The summed E-state index contributed by atoms with van der Waals surface area (Å²) in [6, 6.07) is 23.2. The molecule has 2 aromatic carbocycles. The van der Waals surface area contributed by atoms with Crippen LogP contribution in [-0.2, 0) is 0 Å². The van der Waals surface area contributed by atoms with Crippen LogP contribution < -0.4 is 10.2 Å². The first-order valence-corrected chi connectivity index (χ1v) is 12.1. The van der Waals surface area contributed by atoms with Gasteiger partial charge in [0, 0.05) is 23.3 Å². The van der Waals surface area contributed by atoms with Gasteiger partial charge in [0.1, 0.15) is 0 Å². The SMILES string of the molecule is Cc1cc(C)c(-n2c(C)cc([C@H]3[C@H](c4ccccn4)NC(=S)N3c3ccccc3)c2C)c(C)c1. The van der Waals surface area contributed by atoms with Crippen LogP contribution >= 0.6 is 12.2 Å². The first-order valence-electron chi connectivity index (χ1n) is 11.7. The normalized spacial score (nSPS) is 17.8. The van der Waals surface area contributed by atoms with Gasteiger partial charge in [0.05, 0.1) is 23.5 Å². The average Bonchev–Trinajstić information content (AvgIpc) is 3.30. The Bertz CT molecular complexity index is 1330. The van der Waals surface area contributed by atoms with Gasteiger partial charge in [-0.1, -0.05) is 42.0 Å². The Hall–Kier alpha value is -3.44. The molecular weight excluding hydrogens is 436 g/mol. The van der Waals surface area contributed by atoms with Crippen LogP contribution in [0.2, 0.25) is 0 Å². The molecule has 0 radical (unpaired) electrons. The minimum absolute atomic E-state index is 0.0178. The zero-order valence-electron chi connectivity index (χ0n) is 20.3. The molecule has 0 saturated carbocycles. The summed E-state index contributed by atoms with van der Waals surface area (Å²) in [5.41, 5.74) is 10.9. The van der Waals surface area contributed by atoms with Crippen LogP contribution in [0.5, 0.6) is 0 Å². The van der Waals surface area contributed by atoms with E-state index >= 15 is 0 Å². The molecule has 1 N–H and O–H groups in total. The molecule has 1 aliphatic heterocycles. The standard InChI is InChI=1S/C29H30N4S/c1-18-15-19(2)27(20(3)16-18)32-21(4)17-24(22(32)5)28-26(25-13-9-10-14-30-25)31-29(34)33(28)23-11-7-6-8-12-23/h6-17,26,28H,1-5H3,(H,31,34)/t26-,28-/m0/s1. The molecule has 1 fully saturated rings. The largest absolute Gasteiger partial charge is 0.351 e. The van der Waals surface area contributed by atoms with E-state index in [0.29, 0.717) is 0 Å². The van der Waals surface area contributed by atoms with E-state index in [4.69, 9.17) is 17.2 Å². The van der Waals surface area contributed by atoms with Crippen molar-refractivity contribution in [2.24, 2.45) is 0 Å². The summed E-state index contributed by atoms with van der Waals surface area (Å²) >= 11 is 5.89. The molecule has 172 valence electrons. The highest BCUT2D eigenvalue weighted by atomic mass is 32.1. The van der Waals surface area contributed by atoms with Gasteiger partial charge < -0.3 is 14.8 Å². The fourth-order valence-corrected chi connectivity index (χ4v) is 5.84. The van der Waals surface area contributed by atoms with Crippen molar-refractivity contribution in [2.75, 3.05) is 4.90 Å². The topological polar surface area (TPSA) is 33.1 Å². The lowest BCUT2D eigenvalue weighted by Gasteiger charge is -2.28. The maximum atomic E-state index is 5.89. The van der Waals surface area contributed by atoms with Gasteiger partial charge in [-0.2, -0.15) is 0 Å². The summed E-state index contributed by atoms with van der Waals surface area (Å²) in [6.45, 7) is 11.0. The summed E-state index contributed by atoms with van der Waals surface area (Å²) in [4.78, 5) is 6.94. The molecule has 3 heterocycles. The highest BCUT2D eigenvalue weighted by molar-refractivity contribution is 7.80. The number of nitrogens with one attached hydrogen (secondary N) is 1. The van der Waals surface area contributed by atoms with E-state index in [9.17, 15) is 0 Å². The van der Waals surface area contributed by atoms with Crippen molar-refractivity contribution < 1.29 is 0 Å². The number of hydrogen-bond acceptors (Lipinski definition) is 2. The van der Waals surface area contributed by atoms with Crippen molar-refractivity contribution in [1.82, 2.24) is 14.9 Å². The molecule has 0 aliphatic carbocycles. The van der Waals surface area contributed by atoms with Crippen LogP contribution in [0.15, 0.2) is 72.9 Å². The number of aryl methyl sites for hydroxylation is 4. The lowest BCUT2D eigenvalue weighted by molar-refractivity contribution is 0.565. The molecule has 2 atom stereocenters. The summed E-state index contributed by atoms with van der Waals surface area (Å²) in [5.74, 6) is 0. The number of hydrogen-bond donors (Lipinski definition) is 1. The number of para-hydroxylation sites is 1. The Morgan fingerprint density at radius 3 is 2.18 bits per heavy atom. The summed E-state index contributed by atoms with van der Waals surface area (Å²) < 4.78 is 2.40. The van der Waals surface area contributed by atoms with E-state index in [0.717, 1.165) is 16.5 Å². The molecule has 4 aromatic rings. The average molecular weight is 467 g/mol. The Morgan fingerprint density at radius 1 is 0.853 bits per heavy atom. The van der Waals surface area contributed by atoms with Crippen LogP contribution in [0.3, 0.4) is 0 Å². The second kappa shape index (κ2) is 8.73. The van der Waals surface area contributed by atoms with Gasteiger partial charge in [-0.3, -0.25) is 4.98 Å². The quantitative estimate of drug-likeness (QED) is 0.344. The maximum absolute atomic E-state index is 5.89. The molecule has 1 aliphatic rings. The predicted molar refractivity (Wildman–Crippen MR) is 144 cm³/mol. The van der Waals surface area contributed by atoms with E-state index in [1.807, 2.05) is 24.4 Å². The van der Waals surface area contributed by atoms with Crippen molar-refractivity contribution in [3.05, 3.63) is 112 Å². The molecule has 4 nitrogen and oxygen atoms in total. The van der Waals surface area contributed by atoms with Gasteiger partial charge in [0.25, 0.3) is 0 Å². The third-order valence-corrected chi connectivity index (χ3v) is 7.09. The van der Waals surface area contributed by atoms with E-state index in [-0.39, 0.29) is 12.1 Å². The van der Waals surface area contributed by atoms with Gasteiger partial charge >= 0.3 is 0 Å². The fraction of sp³-hybridized carbons (Fsp3) is 0.241. The van der Waals surface area contributed by atoms with E-state index in [2.05, 4.69) is 97.9 Å². The van der Waals surface area contributed by atoms with Crippen molar-refractivity contribution in [2.45, 2.75) is 46.7 Å². The molecule has 34 heavy (non-hydrogen) atoms. The first kappa shape index (κ1) is 22.4. The van der Waals surface area contributed by atoms with Crippen molar-refractivity contribution in [3.63, 3.8) is 0 Å². The molecule has 1 saturated heterocycles. The minimum atomic E-state index is -0.0527. The van der Waals surface area contributed by atoms with Gasteiger partial charge in [0.15, 0.2) is 5.11 Å². The second-order valence-electron chi connectivity index (χ2n) is 9.24. The van der Waals surface area contributed by atoms with Gasteiger partial charge in [-0.15, -0.1) is 0 Å². The Morgan fingerprint density at radius 2 is 1.53 bits per heavy atom. The predicted octanol–water partition coefficient (Wildman–Crippen LogP) is 6.59. The monoisotopic (exact) mass is 466 g/mol. The van der Waals surface area contributed by atoms with Crippen LogP contribution in [0.1, 0.15) is 51.4 Å². The van der Waals surface area contributed by atoms with E-state index < -0.39 is 0 Å². The molecule has 0 unspecified atom stereocenters. The van der Waals surface area contributed by atoms with Crippen LogP contribution in [0.4, 0.5) is 5.69 Å². The Kier molecular flexibility index (Phi) is 5.74. The molecule has 0 spiro atoms. The molecule has 5 heteroatoms. The maximum Gasteiger partial charge on any atom is 0.174 e. The highest BCUT2D eigenvalue weighted by Crippen LogP contribution is 2.44. The van der Waals surface area contributed by atoms with Gasteiger partial charge in [-0.25, -0.2) is 0 Å². The van der Waals surface area contributed by atoms with Gasteiger partial charge in [-0.05, 0) is 93.9 Å². The second-order valence-corrected chi connectivity index (χ2v) is 9.63. The van der Waals surface area contributed by atoms with E-state index in [1.165, 1.54) is 39.3 Å². The number of rotatable bonds is 4. The van der Waals surface area contributed by atoms with Crippen molar-refractivity contribution in [1.29, 1.82) is 0 Å². The third-order valence-electron chi connectivity index (χ3n) is 6.78. The molecule has 2 aromatic heterocycles. The number of aromatic nitrogens is 2. The van der Waals surface area contributed by atoms with Crippen LogP contribution in [0.25, 0.3) is 5.69 Å². The number of pyridine rings is 1. The zero-order valence-corrected chi connectivity index (χ0v) is 21.1. The van der Waals surface area contributed by atoms with Crippen molar-refractivity contribution >= 4 is 23.0 Å². The minimum Gasteiger partial charge on any atom is -0.351 e. The lowest BCUT2D eigenvalue weighted by Crippen LogP contribution is -2.29. The van der Waals surface area contributed by atoms with Crippen molar-refractivity contribution in [3.8, 4) is 5.69 Å².